The van der Waals surface area contributed by atoms with Crippen molar-refractivity contribution in [2.24, 2.45) is 5.41 Å². The third kappa shape index (κ3) is 5.15. The van der Waals surface area contributed by atoms with Crippen LogP contribution in [0.1, 0.15) is 33.3 Å². The molecule has 0 bridgehead atoms. The van der Waals surface area contributed by atoms with Crippen LogP contribution in [0.3, 0.4) is 0 Å². The molecule has 0 heterocycles. The molecule has 0 aliphatic heterocycles. The number of methoxy groups -OCH3 is 2. The summed E-state index contributed by atoms with van der Waals surface area (Å²) in [6.45, 7) is 7.41. The molecule has 6 nitrogen and oxygen atoms in total. The second-order valence-corrected chi connectivity index (χ2v) is 6.45. The Morgan fingerprint density at radius 3 is 2.25 bits per heavy atom. The molecule has 0 radical (unpaired) electrons. The van der Waals surface area contributed by atoms with E-state index >= 15 is 0 Å². The number of hydrogen-bond donors (Lipinski definition) is 2. The van der Waals surface area contributed by atoms with Gasteiger partial charge in [0.2, 0.25) is 11.8 Å². The summed E-state index contributed by atoms with van der Waals surface area (Å²) < 4.78 is 10.5. The van der Waals surface area contributed by atoms with E-state index in [1.54, 1.807) is 28.1 Å². The van der Waals surface area contributed by atoms with E-state index in [0.717, 1.165) is 5.56 Å². The van der Waals surface area contributed by atoms with Gasteiger partial charge in [0.25, 0.3) is 0 Å². The van der Waals surface area contributed by atoms with E-state index in [1.807, 2.05) is 32.0 Å². The monoisotopic (exact) mass is 336 g/mol. The first kappa shape index (κ1) is 19.8. The summed E-state index contributed by atoms with van der Waals surface area (Å²) in [7, 11) is 3.17. The van der Waals surface area contributed by atoms with Crippen molar-refractivity contribution in [2.75, 3.05) is 20.8 Å². The average Bonchev–Trinajstić information content (AvgIpc) is 2.53. The largest absolute Gasteiger partial charge is 0.493 e. The first-order valence-corrected chi connectivity index (χ1v) is 8.02. The number of carbonyl (C=O) groups excluding carboxylic acids is 2. The van der Waals surface area contributed by atoms with Crippen LogP contribution in [0, 0.1) is 5.41 Å². The van der Waals surface area contributed by atoms with Crippen LogP contribution < -0.4 is 20.1 Å². The molecule has 6 heteroatoms. The van der Waals surface area contributed by atoms with Crippen molar-refractivity contribution < 1.29 is 19.1 Å². The number of nitrogens with one attached hydrogen (secondary N) is 2. The van der Waals surface area contributed by atoms with E-state index in [1.165, 1.54) is 0 Å². The van der Waals surface area contributed by atoms with Crippen molar-refractivity contribution in [3.8, 4) is 11.5 Å². The molecule has 2 N–H and O–H groups in total. The molecule has 0 saturated carbocycles. The van der Waals surface area contributed by atoms with Gasteiger partial charge in [-0.2, -0.15) is 0 Å². The normalized spacial score (nSPS) is 11.1. The summed E-state index contributed by atoms with van der Waals surface area (Å²) >= 11 is 0. The molecule has 0 saturated heterocycles. The molecule has 0 aromatic heterocycles. The fraction of sp³-hybridized carbons (Fsp3) is 0.556. The van der Waals surface area contributed by atoms with Gasteiger partial charge in [-0.25, -0.2) is 0 Å². The number of amides is 2. The minimum Gasteiger partial charge on any atom is -0.493 e. The van der Waals surface area contributed by atoms with Crippen LogP contribution in [0.4, 0.5) is 0 Å². The minimum atomic E-state index is -1.11. The van der Waals surface area contributed by atoms with E-state index in [4.69, 9.17) is 9.47 Å². The van der Waals surface area contributed by atoms with Crippen LogP contribution in [0.25, 0.3) is 0 Å². The van der Waals surface area contributed by atoms with Crippen LogP contribution in [-0.2, 0) is 16.0 Å². The van der Waals surface area contributed by atoms with E-state index in [0.29, 0.717) is 24.5 Å². The zero-order valence-electron chi connectivity index (χ0n) is 15.4. The summed E-state index contributed by atoms with van der Waals surface area (Å²) in [6.07, 6.45) is 0.633. The highest BCUT2D eigenvalue weighted by Gasteiger charge is 2.35. The minimum absolute atomic E-state index is 0.00339. The zero-order valence-corrected chi connectivity index (χ0v) is 15.4. The lowest BCUT2D eigenvalue weighted by Gasteiger charge is -2.24. The number of rotatable bonds is 8. The van der Waals surface area contributed by atoms with Gasteiger partial charge < -0.3 is 20.1 Å². The van der Waals surface area contributed by atoms with Crippen molar-refractivity contribution in [2.45, 2.75) is 40.2 Å². The molecule has 0 spiro atoms. The zero-order chi connectivity index (χ0) is 18.3. The molecule has 24 heavy (non-hydrogen) atoms. The van der Waals surface area contributed by atoms with E-state index in [-0.39, 0.29) is 17.9 Å². The molecule has 1 aromatic rings. The van der Waals surface area contributed by atoms with Gasteiger partial charge in [-0.15, -0.1) is 0 Å². The second kappa shape index (κ2) is 8.57. The molecule has 0 atom stereocenters. The topological polar surface area (TPSA) is 76.7 Å². The highest BCUT2D eigenvalue weighted by Crippen LogP contribution is 2.27. The van der Waals surface area contributed by atoms with Gasteiger partial charge in [0, 0.05) is 12.6 Å². The Balaban J connectivity index is 2.60. The lowest BCUT2D eigenvalue weighted by atomic mass is 9.90. The van der Waals surface area contributed by atoms with Crippen molar-refractivity contribution in [3.63, 3.8) is 0 Å². The Bertz CT molecular complexity index is 582. The third-order valence-corrected chi connectivity index (χ3v) is 3.70. The number of benzene rings is 1. The maximum absolute atomic E-state index is 12.3. The van der Waals surface area contributed by atoms with Crippen molar-refractivity contribution in [3.05, 3.63) is 23.8 Å². The summed E-state index contributed by atoms with van der Waals surface area (Å²) in [6, 6.07) is 5.62. The van der Waals surface area contributed by atoms with Crippen molar-refractivity contribution in [1.29, 1.82) is 0 Å². The Morgan fingerprint density at radius 1 is 1.08 bits per heavy atom. The Morgan fingerprint density at radius 2 is 1.71 bits per heavy atom. The SMILES string of the molecule is COc1ccc(CCNC(=O)C(C)(C)C(=O)NC(C)C)cc1OC. The Kier molecular flexibility index (Phi) is 7.07. The standard InChI is InChI=1S/C18H28N2O4/c1-12(2)20-17(22)18(3,4)16(21)19-10-9-13-7-8-14(23-5)15(11-13)24-6/h7-8,11-12H,9-10H2,1-6H3,(H,19,21)(H,20,22). The van der Waals surface area contributed by atoms with Gasteiger partial charge in [0.1, 0.15) is 5.41 Å². The first-order chi connectivity index (χ1) is 11.2. The lowest BCUT2D eigenvalue weighted by molar-refractivity contribution is -0.141. The van der Waals surface area contributed by atoms with Gasteiger partial charge in [-0.1, -0.05) is 6.07 Å². The van der Waals surface area contributed by atoms with Gasteiger partial charge in [0.15, 0.2) is 11.5 Å². The molecule has 1 rings (SSSR count). The predicted octanol–water partition coefficient (Wildman–Crippen LogP) is 1.91. The van der Waals surface area contributed by atoms with Crippen LogP contribution in [0.15, 0.2) is 18.2 Å². The highest BCUT2D eigenvalue weighted by molar-refractivity contribution is 6.04. The summed E-state index contributed by atoms with van der Waals surface area (Å²) in [5.41, 5.74) is -0.0978. The number of carbonyl (C=O) groups is 2. The highest BCUT2D eigenvalue weighted by atomic mass is 16.5. The van der Waals surface area contributed by atoms with Crippen LogP contribution in [0.5, 0.6) is 11.5 Å². The van der Waals surface area contributed by atoms with E-state index in [9.17, 15) is 9.59 Å². The lowest BCUT2D eigenvalue weighted by Crippen LogP contribution is -2.49. The molecular formula is C18H28N2O4. The van der Waals surface area contributed by atoms with E-state index < -0.39 is 5.41 Å². The van der Waals surface area contributed by atoms with Crippen LogP contribution in [-0.4, -0.2) is 38.6 Å². The molecule has 2 amide bonds. The molecule has 0 aliphatic carbocycles. The number of ether oxygens (including phenoxy) is 2. The van der Waals surface area contributed by atoms with Gasteiger partial charge >= 0.3 is 0 Å². The predicted molar refractivity (Wildman–Crippen MR) is 93.3 cm³/mol. The summed E-state index contributed by atoms with van der Waals surface area (Å²) in [4.78, 5) is 24.4. The van der Waals surface area contributed by atoms with Gasteiger partial charge in [0.05, 0.1) is 14.2 Å². The second-order valence-electron chi connectivity index (χ2n) is 6.45. The average molecular weight is 336 g/mol. The maximum Gasteiger partial charge on any atom is 0.235 e. The van der Waals surface area contributed by atoms with E-state index in [2.05, 4.69) is 10.6 Å². The smallest absolute Gasteiger partial charge is 0.235 e. The molecule has 0 unspecified atom stereocenters. The van der Waals surface area contributed by atoms with Crippen LogP contribution in [0.2, 0.25) is 0 Å². The van der Waals surface area contributed by atoms with Crippen LogP contribution >= 0.6 is 0 Å². The number of hydrogen-bond acceptors (Lipinski definition) is 4. The maximum atomic E-state index is 12.3. The fourth-order valence-electron chi connectivity index (χ4n) is 2.12. The van der Waals surface area contributed by atoms with Gasteiger partial charge in [-0.3, -0.25) is 9.59 Å². The molecule has 0 fully saturated rings. The summed E-state index contributed by atoms with van der Waals surface area (Å²) in [5, 5.41) is 5.59. The summed E-state index contributed by atoms with van der Waals surface area (Å²) in [5.74, 6) is 0.747. The fourth-order valence-corrected chi connectivity index (χ4v) is 2.12. The molecule has 1 aromatic carbocycles. The first-order valence-electron chi connectivity index (χ1n) is 8.02. The van der Waals surface area contributed by atoms with Crippen molar-refractivity contribution in [1.82, 2.24) is 10.6 Å². The van der Waals surface area contributed by atoms with Crippen molar-refractivity contribution >= 4 is 11.8 Å². The molecular weight excluding hydrogens is 308 g/mol. The Hall–Kier alpha value is -2.24. The van der Waals surface area contributed by atoms with Gasteiger partial charge in [-0.05, 0) is 51.8 Å². The Labute approximate surface area is 143 Å². The molecule has 134 valence electrons. The molecule has 0 aliphatic rings. The third-order valence-electron chi connectivity index (χ3n) is 3.70. The quantitative estimate of drug-likeness (QED) is 0.711.